The van der Waals surface area contributed by atoms with E-state index >= 15 is 0 Å². The molecule has 5 heteroatoms. The normalized spacial score (nSPS) is 12.4. The summed E-state index contributed by atoms with van der Waals surface area (Å²) >= 11 is 6.20. The Balaban J connectivity index is 2.49. The molecule has 1 aromatic carbocycles. The van der Waals surface area contributed by atoms with Gasteiger partial charge in [-0.2, -0.15) is 0 Å². The fourth-order valence-corrected chi connectivity index (χ4v) is 1.89. The van der Waals surface area contributed by atoms with Crippen LogP contribution in [0.1, 0.15) is 12.5 Å². The fourth-order valence-electron chi connectivity index (χ4n) is 1.64. The van der Waals surface area contributed by atoms with Gasteiger partial charge in [-0.3, -0.25) is 0 Å². The smallest absolute Gasteiger partial charge is 0.138 e. The molecule has 0 saturated carbocycles. The number of hydrogen-bond donors (Lipinski definition) is 1. The van der Waals surface area contributed by atoms with Crippen molar-refractivity contribution in [3.05, 3.63) is 28.8 Å². The quantitative estimate of drug-likeness (QED) is 0.709. The first-order valence-corrected chi connectivity index (χ1v) is 6.68. The molecule has 1 N–H and O–H groups in total. The van der Waals surface area contributed by atoms with Gasteiger partial charge in [0.25, 0.3) is 0 Å². The lowest BCUT2D eigenvalue weighted by atomic mass is 10.2. The second-order valence-electron chi connectivity index (χ2n) is 4.32. The second kappa shape index (κ2) is 9.15. The zero-order valence-corrected chi connectivity index (χ0v) is 12.5. The molecule has 1 rings (SSSR count). The Morgan fingerprint density at radius 3 is 2.68 bits per heavy atom. The highest BCUT2D eigenvalue weighted by Crippen LogP contribution is 2.26. The molecule has 0 amide bonds. The van der Waals surface area contributed by atoms with Crippen LogP contribution in [0.15, 0.2) is 18.2 Å². The van der Waals surface area contributed by atoms with Crippen molar-refractivity contribution >= 4 is 11.6 Å². The molecule has 0 aromatic heterocycles. The Morgan fingerprint density at radius 2 is 2.05 bits per heavy atom. The molecule has 19 heavy (non-hydrogen) atoms. The number of rotatable bonds is 9. The molecular formula is C14H22ClNO3. The molecule has 0 aliphatic heterocycles. The van der Waals surface area contributed by atoms with Crippen LogP contribution >= 0.6 is 11.6 Å². The van der Waals surface area contributed by atoms with Crippen molar-refractivity contribution in [1.29, 1.82) is 0 Å². The predicted octanol–water partition coefficient (Wildman–Crippen LogP) is 2.49. The monoisotopic (exact) mass is 287 g/mol. The van der Waals surface area contributed by atoms with E-state index in [9.17, 15) is 0 Å². The molecule has 0 aliphatic rings. The summed E-state index contributed by atoms with van der Waals surface area (Å²) in [5.74, 6) is 0.687. The third kappa shape index (κ3) is 6.25. The molecule has 108 valence electrons. The SMILES string of the molecule is COCCNCc1ccc(OC(C)COC)c(Cl)c1. The van der Waals surface area contributed by atoms with Crippen LogP contribution in [-0.2, 0) is 16.0 Å². The number of ether oxygens (including phenoxy) is 3. The summed E-state index contributed by atoms with van der Waals surface area (Å²) in [7, 11) is 3.34. The molecule has 1 unspecified atom stereocenters. The molecule has 0 spiro atoms. The van der Waals surface area contributed by atoms with Crippen molar-refractivity contribution in [2.45, 2.75) is 19.6 Å². The summed E-state index contributed by atoms with van der Waals surface area (Å²) in [6.07, 6.45) is -0.0202. The summed E-state index contributed by atoms with van der Waals surface area (Å²) in [6, 6.07) is 5.80. The van der Waals surface area contributed by atoms with Gasteiger partial charge in [-0.25, -0.2) is 0 Å². The Bertz CT molecular complexity index is 374. The van der Waals surface area contributed by atoms with Crippen molar-refractivity contribution in [3.63, 3.8) is 0 Å². The van der Waals surface area contributed by atoms with Crippen molar-refractivity contribution in [2.75, 3.05) is 34.0 Å². The molecule has 0 bridgehead atoms. The number of hydrogen-bond acceptors (Lipinski definition) is 4. The molecular weight excluding hydrogens is 266 g/mol. The lowest BCUT2D eigenvalue weighted by molar-refractivity contribution is 0.0921. The molecule has 4 nitrogen and oxygen atoms in total. The minimum atomic E-state index is -0.0202. The molecule has 0 heterocycles. The van der Waals surface area contributed by atoms with E-state index in [-0.39, 0.29) is 6.10 Å². The maximum absolute atomic E-state index is 6.20. The van der Waals surface area contributed by atoms with Crippen molar-refractivity contribution in [1.82, 2.24) is 5.32 Å². The summed E-state index contributed by atoms with van der Waals surface area (Å²) in [5.41, 5.74) is 1.12. The van der Waals surface area contributed by atoms with E-state index < -0.39 is 0 Å². The van der Waals surface area contributed by atoms with E-state index in [2.05, 4.69) is 5.32 Å². The van der Waals surface area contributed by atoms with E-state index in [1.165, 1.54) is 0 Å². The molecule has 1 aromatic rings. The molecule has 0 aliphatic carbocycles. The Morgan fingerprint density at radius 1 is 1.26 bits per heavy atom. The summed E-state index contributed by atoms with van der Waals surface area (Å²) in [4.78, 5) is 0. The molecule has 0 radical (unpaired) electrons. The maximum atomic E-state index is 6.20. The van der Waals surface area contributed by atoms with Crippen molar-refractivity contribution < 1.29 is 14.2 Å². The largest absolute Gasteiger partial charge is 0.487 e. The lowest BCUT2D eigenvalue weighted by Crippen LogP contribution is -2.19. The van der Waals surface area contributed by atoms with Crippen molar-refractivity contribution in [2.24, 2.45) is 0 Å². The van der Waals surface area contributed by atoms with Crippen molar-refractivity contribution in [3.8, 4) is 5.75 Å². The minimum absolute atomic E-state index is 0.0202. The van der Waals surface area contributed by atoms with Gasteiger partial charge in [0.15, 0.2) is 0 Å². The molecule has 1 atom stereocenters. The molecule has 0 saturated heterocycles. The number of halogens is 1. The first kappa shape index (κ1) is 16.2. The third-order valence-electron chi connectivity index (χ3n) is 2.54. The van der Waals surface area contributed by atoms with Crippen LogP contribution in [0.5, 0.6) is 5.75 Å². The number of nitrogens with one attached hydrogen (secondary N) is 1. The average molecular weight is 288 g/mol. The van der Waals surface area contributed by atoms with Gasteiger partial charge in [0.1, 0.15) is 11.9 Å². The van der Waals surface area contributed by atoms with Gasteiger partial charge in [0.05, 0.1) is 18.2 Å². The number of benzene rings is 1. The number of methoxy groups -OCH3 is 2. The van der Waals surface area contributed by atoms with Gasteiger partial charge in [0.2, 0.25) is 0 Å². The maximum Gasteiger partial charge on any atom is 0.138 e. The zero-order valence-electron chi connectivity index (χ0n) is 11.7. The average Bonchev–Trinajstić information content (AvgIpc) is 2.38. The first-order valence-electron chi connectivity index (χ1n) is 6.31. The van der Waals surface area contributed by atoms with Crippen LogP contribution in [0.4, 0.5) is 0 Å². The van der Waals surface area contributed by atoms with E-state index in [1.807, 2.05) is 25.1 Å². The Kier molecular flexibility index (Phi) is 7.82. The highest BCUT2D eigenvalue weighted by Gasteiger charge is 2.07. The second-order valence-corrected chi connectivity index (χ2v) is 4.73. The van der Waals surface area contributed by atoms with E-state index in [0.717, 1.165) is 18.7 Å². The van der Waals surface area contributed by atoms with Crippen LogP contribution in [0.3, 0.4) is 0 Å². The van der Waals surface area contributed by atoms with Gasteiger partial charge in [0, 0.05) is 27.3 Å². The van der Waals surface area contributed by atoms with Gasteiger partial charge in [-0.05, 0) is 24.6 Å². The van der Waals surface area contributed by atoms with Crippen LogP contribution in [0.25, 0.3) is 0 Å². The Labute approximate surface area is 120 Å². The highest BCUT2D eigenvalue weighted by molar-refractivity contribution is 6.32. The van der Waals surface area contributed by atoms with Crippen LogP contribution < -0.4 is 10.1 Å². The minimum Gasteiger partial charge on any atom is -0.487 e. The van der Waals surface area contributed by atoms with Gasteiger partial charge < -0.3 is 19.5 Å². The van der Waals surface area contributed by atoms with E-state index in [1.54, 1.807) is 14.2 Å². The highest BCUT2D eigenvalue weighted by atomic mass is 35.5. The van der Waals surface area contributed by atoms with E-state index in [0.29, 0.717) is 24.0 Å². The van der Waals surface area contributed by atoms with Gasteiger partial charge in [-0.1, -0.05) is 17.7 Å². The standard InChI is InChI=1S/C14H22ClNO3/c1-11(10-18-3)19-14-5-4-12(8-13(14)15)9-16-6-7-17-2/h4-5,8,11,16H,6-7,9-10H2,1-3H3. The topological polar surface area (TPSA) is 39.7 Å². The summed E-state index contributed by atoms with van der Waals surface area (Å²) < 4.78 is 15.7. The summed E-state index contributed by atoms with van der Waals surface area (Å²) in [6.45, 7) is 4.76. The van der Waals surface area contributed by atoms with E-state index in [4.69, 9.17) is 25.8 Å². The van der Waals surface area contributed by atoms with Crippen LogP contribution in [0.2, 0.25) is 5.02 Å². The Hall–Kier alpha value is -0.810. The van der Waals surface area contributed by atoms with Gasteiger partial charge in [-0.15, -0.1) is 0 Å². The van der Waals surface area contributed by atoms with Crippen LogP contribution in [0, 0.1) is 0 Å². The predicted molar refractivity (Wildman–Crippen MR) is 77.0 cm³/mol. The zero-order chi connectivity index (χ0) is 14.1. The fraction of sp³-hybridized carbons (Fsp3) is 0.571. The first-order chi connectivity index (χ1) is 9.17. The third-order valence-corrected chi connectivity index (χ3v) is 2.83. The molecule has 0 fully saturated rings. The summed E-state index contributed by atoms with van der Waals surface area (Å²) in [5, 5.41) is 3.89. The van der Waals surface area contributed by atoms with Crippen LogP contribution in [-0.4, -0.2) is 40.1 Å². The lowest BCUT2D eigenvalue weighted by Gasteiger charge is -2.15. The van der Waals surface area contributed by atoms with Gasteiger partial charge >= 0.3 is 0 Å².